The molecule has 27 heavy (non-hydrogen) atoms. The van der Waals surface area contributed by atoms with E-state index in [4.69, 9.17) is 20.8 Å². The molecule has 144 valence electrons. The van der Waals surface area contributed by atoms with Gasteiger partial charge in [-0.25, -0.2) is 4.39 Å². The van der Waals surface area contributed by atoms with Gasteiger partial charge in [0.15, 0.2) is 8.32 Å². The van der Waals surface area contributed by atoms with Crippen molar-refractivity contribution in [2.24, 2.45) is 0 Å². The van der Waals surface area contributed by atoms with Crippen LogP contribution < -0.4 is 4.74 Å². The molecule has 0 aliphatic rings. The van der Waals surface area contributed by atoms with Crippen LogP contribution in [0.5, 0.6) is 5.75 Å². The summed E-state index contributed by atoms with van der Waals surface area (Å²) in [5.41, 5.74) is 0.700. The molecule has 0 N–H and O–H groups in total. The van der Waals surface area contributed by atoms with Crippen molar-refractivity contribution in [2.45, 2.75) is 45.0 Å². The number of ether oxygens (including phenoxy) is 1. The lowest BCUT2D eigenvalue weighted by atomic mass is 10.1. The highest BCUT2D eigenvalue weighted by molar-refractivity contribution is 6.74. The third-order valence-corrected chi connectivity index (χ3v) is 9.71. The Balaban J connectivity index is 2.34. The van der Waals surface area contributed by atoms with Crippen LogP contribution >= 0.6 is 11.6 Å². The first-order valence-electron chi connectivity index (χ1n) is 8.80. The zero-order valence-electron chi connectivity index (χ0n) is 16.3. The Labute approximate surface area is 166 Å². The second kappa shape index (κ2) is 8.43. The number of halogens is 2. The van der Waals surface area contributed by atoms with Crippen LogP contribution in [0.1, 0.15) is 38.0 Å². The van der Waals surface area contributed by atoms with Crippen LogP contribution in [0.25, 0.3) is 0 Å². The molecule has 0 saturated heterocycles. The number of nitriles is 1. The molecule has 2 aromatic rings. The van der Waals surface area contributed by atoms with Gasteiger partial charge < -0.3 is 9.16 Å². The van der Waals surface area contributed by atoms with E-state index in [1.165, 1.54) is 12.1 Å². The number of hydrogen-bond acceptors (Lipinski definition) is 3. The minimum atomic E-state index is -2.02. The standard InChI is InChI=1S/C21H25ClFNO2Si/c1-21(2,3)27(4,5)25-14-20(15-8-6-9-16(22)12-15)26-19-11-7-10-18(23)17(19)13-24/h6-12,20H,14H2,1-5H3. The Hall–Kier alpha value is -1.87. The maximum absolute atomic E-state index is 14.0. The van der Waals surface area contributed by atoms with Crippen molar-refractivity contribution in [3.8, 4) is 11.8 Å². The van der Waals surface area contributed by atoms with Crippen molar-refractivity contribution in [2.75, 3.05) is 6.61 Å². The Morgan fingerprint density at radius 3 is 2.44 bits per heavy atom. The highest BCUT2D eigenvalue weighted by Crippen LogP contribution is 2.38. The molecule has 0 fully saturated rings. The summed E-state index contributed by atoms with van der Waals surface area (Å²) in [7, 11) is -2.02. The van der Waals surface area contributed by atoms with Gasteiger partial charge in [-0.15, -0.1) is 0 Å². The first-order valence-corrected chi connectivity index (χ1v) is 12.1. The Morgan fingerprint density at radius 2 is 1.85 bits per heavy atom. The summed E-state index contributed by atoms with van der Waals surface area (Å²) in [5, 5.41) is 9.90. The van der Waals surface area contributed by atoms with Gasteiger partial charge in [-0.3, -0.25) is 0 Å². The number of nitrogens with zero attached hydrogens (tertiary/aromatic N) is 1. The maximum Gasteiger partial charge on any atom is 0.192 e. The van der Waals surface area contributed by atoms with Gasteiger partial charge in [0.2, 0.25) is 0 Å². The first-order chi connectivity index (χ1) is 12.5. The summed E-state index contributed by atoms with van der Waals surface area (Å²) in [6, 6.07) is 13.5. The molecule has 0 aliphatic carbocycles. The largest absolute Gasteiger partial charge is 0.482 e. The van der Waals surface area contributed by atoms with Crippen molar-refractivity contribution >= 4 is 19.9 Å². The lowest BCUT2D eigenvalue weighted by molar-refractivity contribution is 0.120. The fourth-order valence-corrected chi connectivity index (χ4v) is 3.47. The van der Waals surface area contributed by atoms with Crippen LogP contribution in [0.2, 0.25) is 23.2 Å². The van der Waals surface area contributed by atoms with Crippen LogP contribution in [-0.4, -0.2) is 14.9 Å². The van der Waals surface area contributed by atoms with Crippen LogP contribution in [0, 0.1) is 17.1 Å². The number of rotatable bonds is 6. The van der Waals surface area contributed by atoms with E-state index in [-0.39, 0.29) is 23.0 Å². The van der Waals surface area contributed by atoms with Gasteiger partial charge >= 0.3 is 0 Å². The van der Waals surface area contributed by atoms with Gasteiger partial charge in [0.05, 0.1) is 6.61 Å². The van der Waals surface area contributed by atoms with Crippen molar-refractivity contribution in [1.82, 2.24) is 0 Å². The van der Waals surface area contributed by atoms with Crippen LogP contribution in [0.3, 0.4) is 0 Å². The maximum atomic E-state index is 14.0. The van der Waals surface area contributed by atoms with E-state index in [1.807, 2.05) is 18.2 Å². The minimum Gasteiger partial charge on any atom is -0.482 e. The molecule has 0 radical (unpaired) electrons. The first kappa shape index (κ1) is 21.4. The predicted molar refractivity (Wildman–Crippen MR) is 109 cm³/mol. The lowest BCUT2D eigenvalue weighted by Crippen LogP contribution is -2.42. The summed E-state index contributed by atoms with van der Waals surface area (Å²) >= 11 is 6.14. The van der Waals surface area contributed by atoms with Crippen molar-refractivity contribution in [3.05, 3.63) is 64.4 Å². The zero-order valence-corrected chi connectivity index (χ0v) is 18.1. The summed E-state index contributed by atoms with van der Waals surface area (Å²) in [4.78, 5) is 0. The van der Waals surface area contributed by atoms with Crippen LogP contribution in [0.4, 0.5) is 4.39 Å². The molecule has 2 aromatic carbocycles. The third-order valence-electron chi connectivity index (χ3n) is 4.98. The highest BCUT2D eigenvalue weighted by Gasteiger charge is 2.38. The minimum absolute atomic E-state index is 0.0442. The Bertz CT molecular complexity index is 843. The van der Waals surface area contributed by atoms with Gasteiger partial charge in [0.25, 0.3) is 0 Å². The highest BCUT2D eigenvalue weighted by atomic mass is 35.5. The molecule has 0 aliphatic heterocycles. The Morgan fingerprint density at radius 1 is 1.19 bits per heavy atom. The average molecular weight is 406 g/mol. The van der Waals surface area contributed by atoms with Gasteiger partial charge in [-0.2, -0.15) is 5.26 Å². The molecule has 0 saturated carbocycles. The molecular formula is C21H25ClFNO2Si. The average Bonchev–Trinajstić information content (AvgIpc) is 2.57. The molecule has 6 heteroatoms. The van der Waals surface area contributed by atoms with Gasteiger partial charge in [0.1, 0.15) is 29.3 Å². The molecule has 0 heterocycles. The molecule has 1 unspecified atom stereocenters. The quantitative estimate of drug-likeness (QED) is 0.515. The van der Waals surface area contributed by atoms with Crippen LogP contribution in [-0.2, 0) is 4.43 Å². The molecule has 1 atom stereocenters. The third kappa shape index (κ3) is 5.32. The molecule has 2 rings (SSSR count). The van der Waals surface area contributed by atoms with Crippen molar-refractivity contribution < 1.29 is 13.6 Å². The second-order valence-electron chi connectivity index (χ2n) is 7.96. The monoisotopic (exact) mass is 405 g/mol. The smallest absolute Gasteiger partial charge is 0.192 e. The van der Waals surface area contributed by atoms with E-state index in [0.717, 1.165) is 5.56 Å². The van der Waals surface area contributed by atoms with Gasteiger partial charge in [0, 0.05) is 5.02 Å². The molecule has 0 spiro atoms. The van der Waals surface area contributed by atoms with E-state index in [9.17, 15) is 9.65 Å². The molecule has 0 aromatic heterocycles. The van der Waals surface area contributed by atoms with Crippen molar-refractivity contribution in [1.29, 1.82) is 5.26 Å². The van der Waals surface area contributed by atoms with E-state index in [0.29, 0.717) is 5.02 Å². The number of benzene rings is 2. The summed E-state index contributed by atoms with van der Waals surface area (Å²) in [6.45, 7) is 11.1. The zero-order chi connectivity index (χ0) is 20.2. The fraction of sp³-hybridized carbons (Fsp3) is 0.381. The van der Waals surface area contributed by atoms with Gasteiger partial charge in [-0.1, -0.05) is 50.6 Å². The number of hydrogen-bond donors (Lipinski definition) is 0. The van der Waals surface area contributed by atoms with Crippen molar-refractivity contribution in [3.63, 3.8) is 0 Å². The van der Waals surface area contributed by atoms with Crippen LogP contribution in [0.15, 0.2) is 42.5 Å². The second-order valence-corrected chi connectivity index (χ2v) is 13.2. The van der Waals surface area contributed by atoms with E-state index in [2.05, 4.69) is 33.9 Å². The molecule has 3 nitrogen and oxygen atoms in total. The summed E-state index contributed by atoms with van der Waals surface area (Å²) in [6.07, 6.45) is -0.508. The topological polar surface area (TPSA) is 42.2 Å². The SMILES string of the molecule is CC(C)(C)[Si](C)(C)OCC(Oc1cccc(F)c1C#N)c1cccc(Cl)c1. The van der Waals surface area contributed by atoms with Gasteiger partial charge in [-0.05, 0) is 48.0 Å². The van der Waals surface area contributed by atoms with E-state index >= 15 is 0 Å². The summed E-state index contributed by atoms with van der Waals surface area (Å²) < 4.78 is 26.3. The Kier molecular flexibility index (Phi) is 6.69. The normalized spacial score (nSPS) is 13.1. The summed E-state index contributed by atoms with van der Waals surface area (Å²) in [5.74, 6) is -0.411. The van der Waals surface area contributed by atoms with E-state index in [1.54, 1.807) is 18.2 Å². The molecular weight excluding hydrogens is 381 g/mol. The lowest BCUT2D eigenvalue weighted by Gasteiger charge is -2.37. The predicted octanol–water partition coefficient (Wildman–Crippen LogP) is 6.49. The molecule has 0 amide bonds. The van der Waals surface area contributed by atoms with E-state index < -0.39 is 20.2 Å². The molecule has 0 bridgehead atoms. The fourth-order valence-electron chi connectivity index (χ4n) is 2.27.